The van der Waals surface area contributed by atoms with Crippen molar-refractivity contribution in [1.82, 2.24) is 5.06 Å². The van der Waals surface area contributed by atoms with E-state index in [9.17, 15) is 4.79 Å². The maximum absolute atomic E-state index is 9.93. The lowest BCUT2D eigenvalue weighted by molar-refractivity contribution is -0.150. The molecule has 0 rings (SSSR count). The molecule has 4 heteroatoms. The quantitative estimate of drug-likeness (QED) is 0.335. The maximum atomic E-state index is 9.93. The van der Waals surface area contributed by atoms with Gasteiger partial charge in [-0.15, -0.1) is 0 Å². The minimum absolute atomic E-state index is 0.106. The van der Waals surface area contributed by atoms with E-state index in [0.717, 1.165) is 19.3 Å². The van der Waals surface area contributed by atoms with Crippen molar-refractivity contribution in [1.29, 1.82) is 0 Å². The molecule has 4 nitrogen and oxygen atoms in total. The molecule has 0 unspecified atom stereocenters. The second-order valence-corrected chi connectivity index (χ2v) is 2.63. The van der Waals surface area contributed by atoms with Crippen LogP contribution < -0.4 is 5.73 Å². The van der Waals surface area contributed by atoms with Crippen molar-refractivity contribution in [2.45, 2.75) is 32.2 Å². The largest absolute Gasteiger partial charge is 0.326 e. The Morgan fingerprint density at radius 2 is 2.36 bits per heavy atom. The van der Waals surface area contributed by atoms with Crippen LogP contribution in [0.1, 0.15) is 26.2 Å². The van der Waals surface area contributed by atoms with E-state index in [0.29, 0.717) is 11.5 Å². The summed E-state index contributed by atoms with van der Waals surface area (Å²) in [5, 5.41) is 9.30. The molecule has 0 aliphatic heterocycles. The topological polar surface area (TPSA) is 66.6 Å². The molecule has 0 aliphatic carbocycles. The SMILES string of the molecule is CCCC[C@@H](N)CN(O)C=O. The third kappa shape index (κ3) is 5.82. The van der Waals surface area contributed by atoms with Crippen molar-refractivity contribution in [3.8, 4) is 0 Å². The molecule has 0 heterocycles. The van der Waals surface area contributed by atoms with E-state index in [1.807, 2.05) is 0 Å². The van der Waals surface area contributed by atoms with Crippen molar-refractivity contribution in [3.05, 3.63) is 0 Å². The summed E-state index contributed by atoms with van der Waals surface area (Å²) < 4.78 is 0. The molecule has 0 saturated carbocycles. The number of amides is 1. The van der Waals surface area contributed by atoms with Crippen LogP contribution in [0.2, 0.25) is 0 Å². The van der Waals surface area contributed by atoms with E-state index in [4.69, 9.17) is 10.9 Å². The second-order valence-electron chi connectivity index (χ2n) is 2.63. The number of nitrogens with zero attached hydrogens (tertiary/aromatic N) is 1. The van der Waals surface area contributed by atoms with E-state index in [-0.39, 0.29) is 12.6 Å². The Labute approximate surface area is 66.9 Å². The third-order valence-electron chi connectivity index (χ3n) is 1.47. The van der Waals surface area contributed by atoms with Crippen LogP contribution in [-0.4, -0.2) is 29.3 Å². The Hall–Kier alpha value is -0.610. The summed E-state index contributed by atoms with van der Waals surface area (Å²) in [7, 11) is 0. The molecule has 3 N–H and O–H groups in total. The predicted octanol–water partition coefficient (Wildman–Crippen LogP) is 0.351. The normalized spacial score (nSPS) is 12.6. The van der Waals surface area contributed by atoms with Crippen LogP contribution in [0, 0.1) is 0 Å². The van der Waals surface area contributed by atoms with Crippen LogP contribution in [0.4, 0.5) is 0 Å². The summed E-state index contributed by atoms with van der Waals surface area (Å²) in [6.07, 6.45) is 3.33. The number of carbonyl (C=O) groups is 1. The molecular formula is C7H16N2O2. The molecule has 0 aliphatic rings. The Balaban J connectivity index is 3.34. The first-order valence-corrected chi connectivity index (χ1v) is 3.87. The number of unbranched alkanes of at least 4 members (excludes halogenated alkanes) is 1. The lowest BCUT2D eigenvalue weighted by Gasteiger charge is -2.14. The molecule has 0 radical (unpaired) electrons. The molecule has 0 aromatic heterocycles. The Morgan fingerprint density at radius 3 is 2.82 bits per heavy atom. The zero-order chi connectivity index (χ0) is 8.69. The first-order chi connectivity index (χ1) is 5.20. The highest BCUT2D eigenvalue weighted by Crippen LogP contribution is 1.98. The first kappa shape index (κ1) is 10.4. The van der Waals surface area contributed by atoms with Crippen molar-refractivity contribution in [3.63, 3.8) is 0 Å². The first-order valence-electron chi connectivity index (χ1n) is 3.87. The van der Waals surface area contributed by atoms with Gasteiger partial charge in [0.2, 0.25) is 6.41 Å². The number of rotatable bonds is 6. The highest BCUT2D eigenvalue weighted by molar-refractivity contribution is 5.44. The van der Waals surface area contributed by atoms with E-state index < -0.39 is 0 Å². The summed E-state index contributed by atoms with van der Waals surface area (Å²) in [4.78, 5) is 9.93. The van der Waals surface area contributed by atoms with Gasteiger partial charge in [-0.3, -0.25) is 10.0 Å². The summed E-state index contributed by atoms with van der Waals surface area (Å²) >= 11 is 0. The standard InChI is InChI=1S/C7H16N2O2/c1-2-3-4-7(8)5-9(11)6-10/h6-7,11H,2-5,8H2,1H3/t7-/m1/s1. The lowest BCUT2D eigenvalue weighted by Crippen LogP contribution is -2.34. The summed E-state index contributed by atoms with van der Waals surface area (Å²) in [5.41, 5.74) is 5.58. The fraction of sp³-hybridized carbons (Fsp3) is 0.857. The van der Waals surface area contributed by atoms with Crippen molar-refractivity contribution >= 4 is 6.41 Å². The van der Waals surface area contributed by atoms with Crippen LogP contribution >= 0.6 is 0 Å². The Kier molecular flexibility index (Phi) is 5.78. The summed E-state index contributed by atoms with van der Waals surface area (Å²) in [6.45, 7) is 2.30. The van der Waals surface area contributed by atoms with Gasteiger partial charge in [-0.1, -0.05) is 19.8 Å². The van der Waals surface area contributed by atoms with E-state index in [1.54, 1.807) is 0 Å². The predicted molar refractivity (Wildman–Crippen MR) is 42.1 cm³/mol. The fourth-order valence-corrected chi connectivity index (χ4v) is 0.841. The third-order valence-corrected chi connectivity index (χ3v) is 1.47. The van der Waals surface area contributed by atoms with Gasteiger partial charge in [-0.05, 0) is 6.42 Å². The Morgan fingerprint density at radius 1 is 1.73 bits per heavy atom. The molecule has 0 fully saturated rings. The summed E-state index contributed by atoms with van der Waals surface area (Å²) in [6, 6.07) is -0.106. The maximum Gasteiger partial charge on any atom is 0.233 e. The zero-order valence-electron chi connectivity index (χ0n) is 6.86. The van der Waals surface area contributed by atoms with Crippen LogP contribution in [-0.2, 0) is 4.79 Å². The van der Waals surface area contributed by atoms with Gasteiger partial charge >= 0.3 is 0 Å². The second kappa shape index (κ2) is 6.12. The van der Waals surface area contributed by atoms with Crippen LogP contribution in [0.3, 0.4) is 0 Å². The summed E-state index contributed by atoms with van der Waals surface area (Å²) in [5.74, 6) is 0. The number of nitrogens with two attached hydrogens (primary N) is 1. The van der Waals surface area contributed by atoms with Gasteiger partial charge in [0.05, 0.1) is 6.54 Å². The van der Waals surface area contributed by atoms with Crippen LogP contribution in [0.15, 0.2) is 0 Å². The van der Waals surface area contributed by atoms with E-state index in [2.05, 4.69) is 6.92 Å². The smallest absolute Gasteiger partial charge is 0.233 e. The van der Waals surface area contributed by atoms with Crippen LogP contribution in [0.5, 0.6) is 0 Å². The molecule has 0 aromatic carbocycles. The number of hydrogen-bond acceptors (Lipinski definition) is 3. The highest BCUT2D eigenvalue weighted by Gasteiger charge is 2.04. The van der Waals surface area contributed by atoms with Crippen LogP contribution in [0.25, 0.3) is 0 Å². The zero-order valence-corrected chi connectivity index (χ0v) is 6.86. The van der Waals surface area contributed by atoms with E-state index in [1.165, 1.54) is 0 Å². The van der Waals surface area contributed by atoms with Crippen molar-refractivity contribution < 1.29 is 10.0 Å². The number of carbonyl (C=O) groups excluding carboxylic acids is 1. The van der Waals surface area contributed by atoms with Crippen molar-refractivity contribution in [2.24, 2.45) is 5.73 Å². The molecular weight excluding hydrogens is 144 g/mol. The number of hydroxylamine groups is 2. The van der Waals surface area contributed by atoms with Gasteiger partial charge in [0.1, 0.15) is 0 Å². The minimum Gasteiger partial charge on any atom is -0.326 e. The molecule has 1 atom stereocenters. The molecule has 0 aromatic rings. The van der Waals surface area contributed by atoms with Gasteiger partial charge in [-0.2, -0.15) is 0 Å². The molecule has 0 bridgehead atoms. The highest BCUT2D eigenvalue weighted by atomic mass is 16.5. The average molecular weight is 160 g/mol. The van der Waals surface area contributed by atoms with E-state index >= 15 is 0 Å². The van der Waals surface area contributed by atoms with Gasteiger partial charge in [0, 0.05) is 6.04 Å². The molecule has 0 spiro atoms. The number of hydrogen-bond donors (Lipinski definition) is 2. The Bertz CT molecular complexity index is 109. The molecule has 1 amide bonds. The van der Waals surface area contributed by atoms with Gasteiger partial charge < -0.3 is 5.73 Å². The molecule has 11 heavy (non-hydrogen) atoms. The molecule has 66 valence electrons. The van der Waals surface area contributed by atoms with Crippen molar-refractivity contribution in [2.75, 3.05) is 6.54 Å². The fourth-order valence-electron chi connectivity index (χ4n) is 0.841. The van der Waals surface area contributed by atoms with Gasteiger partial charge in [0.15, 0.2) is 0 Å². The van der Waals surface area contributed by atoms with Gasteiger partial charge in [0.25, 0.3) is 0 Å². The molecule has 0 saturated heterocycles. The lowest BCUT2D eigenvalue weighted by atomic mass is 10.1. The average Bonchev–Trinajstić information content (AvgIpc) is 2.00. The van der Waals surface area contributed by atoms with Gasteiger partial charge in [-0.25, -0.2) is 5.06 Å². The monoisotopic (exact) mass is 160 g/mol. The minimum atomic E-state index is -0.106.